The molecule has 0 radical (unpaired) electrons. The molecule has 178 valence electrons. The molecular weight excluding hydrogens is 476 g/mol. The second-order valence-corrected chi connectivity index (χ2v) is 9.47. The van der Waals surface area contributed by atoms with Crippen molar-refractivity contribution in [3.63, 3.8) is 0 Å². The van der Waals surface area contributed by atoms with Gasteiger partial charge in [-0.05, 0) is 34.0 Å². The molecule has 4 heteroatoms. The summed E-state index contributed by atoms with van der Waals surface area (Å²) in [6.07, 6.45) is 0. The lowest BCUT2D eigenvalue weighted by Crippen LogP contribution is -2.00. The van der Waals surface area contributed by atoms with Crippen LogP contribution < -0.4 is 0 Å². The van der Waals surface area contributed by atoms with Crippen molar-refractivity contribution >= 4 is 38.0 Å². The molecular formula is C35H18N4. The quantitative estimate of drug-likeness (QED) is 0.227. The van der Waals surface area contributed by atoms with Gasteiger partial charge in [0.25, 0.3) is 0 Å². The van der Waals surface area contributed by atoms with Gasteiger partial charge in [-0.2, -0.15) is 15.8 Å². The van der Waals surface area contributed by atoms with Crippen LogP contribution in [0.5, 0.6) is 0 Å². The summed E-state index contributed by atoms with van der Waals surface area (Å²) >= 11 is 0. The fourth-order valence-electron chi connectivity index (χ4n) is 5.84. The van der Waals surface area contributed by atoms with Crippen LogP contribution >= 0.6 is 0 Å². The van der Waals surface area contributed by atoms with Crippen LogP contribution in [0.25, 0.3) is 60.3 Å². The molecule has 5 aromatic carbocycles. The molecule has 0 aliphatic carbocycles. The van der Waals surface area contributed by atoms with Gasteiger partial charge in [-0.15, -0.1) is 0 Å². The van der Waals surface area contributed by atoms with Crippen molar-refractivity contribution in [2.45, 2.75) is 0 Å². The van der Waals surface area contributed by atoms with Crippen molar-refractivity contribution in [3.8, 4) is 40.6 Å². The molecule has 0 saturated heterocycles. The summed E-state index contributed by atoms with van der Waals surface area (Å²) in [6.45, 7) is 0. The van der Waals surface area contributed by atoms with Crippen LogP contribution in [-0.4, -0.2) is 4.40 Å². The SMILES string of the molecule is N#Cc1cc2c(c(C#N)c1C#N)c1c3ccccc3ccc1c1c(-c3ccccc3)cc(-c3ccccc3)n21. The van der Waals surface area contributed by atoms with Crippen molar-refractivity contribution in [2.75, 3.05) is 0 Å². The summed E-state index contributed by atoms with van der Waals surface area (Å²) in [5.41, 5.74) is 6.32. The van der Waals surface area contributed by atoms with Crippen molar-refractivity contribution < 1.29 is 0 Å². The predicted molar refractivity (Wildman–Crippen MR) is 155 cm³/mol. The van der Waals surface area contributed by atoms with E-state index in [1.807, 2.05) is 48.5 Å². The van der Waals surface area contributed by atoms with Gasteiger partial charge < -0.3 is 4.40 Å². The Morgan fingerprint density at radius 3 is 1.90 bits per heavy atom. The summed E-state index contributed by atoms with van der Waals surface area (Å²) in [5, 5.41) is 35.1. The molecule has 0 bridgehead atoms. The molecule has 7 rings (SSSR count). The van der Waals surface area contributed by atoms with E-state index in [9.17, 15) is 15.8 Å². The Labute approximate surface area is 224 Å². The van der Waals surface area contributed by atoms with E-state index < -0.39 is 0 Å². The lowest BCUT2D eigenvalue weighted by Gasteiger charge is -2.17. The zero-order chi connectivity index (χ0) is 26.5. The van der Waals surface area contributed by atoms with Crippen molar-refractivity contribution in [3.05, 3.63) is 126 Å². The summed E-state index contributed by atoms with van der Waals surface area (Å²) in [6, 6.07) is 43.2. The first-order valence-corrected chi connectivity index (χ1v) is 12.6. The van der Waals surface area contributed by atoms with Crippen molar-refractivity contribution in [2.24, 2.45) is 0 Å². The minimum absolute atomic E-state index is 0.109. The van der Waals surface area contributed by atoms with Crippen LogP contribution in [0, 0.1) is 34.0 Å². The van der Waals surface area contributed by atoms with Crippen LogP contribution in [0.3, 0.4) is 0 Å². The number of hydrogen-bond donors (Lipinski definition) is 0. The van der Waals surface area contributed by atoms with Crippen molar-refractivity contribution in [1.29, 1.82) is 15.8 Å². The molecule has 2 heterocycles. The molecule has 0 spiro atoms. The molecule has 2 aromatic heterocycles. The average molecular weight is 495 g/mol. The van der Waals surface area contributed by atoms with E-state index in [0.717, 1.165) is 55.0 Å². The minimum Gasteiger partial charge on any atom is -0.308 e. The first kappa shape index (κ1) is 22.3. The average Bonchev–Trinajstić information content (AvgIpc) is 3.41. The first-order valence-electron chi connectivity index (χ1n) is 12.6. The number of pyridine rings is 1. The number of benzene rings is 5. The number of hydrogen-bond acceptors (Lipinski definition) is 3. The van der Waals surface area contributed by atoms with Crippen LogP contribution in [0.15, 0.2) is 109 Å². The largest absolute Gasteiger partial charge is 0.308 e. The molecule has 0 aliphatic rings. The third-order valence-corrected chi connectivity index (χ3v) is 7.48. The summed E-state index contributed by atoms with van der Waals surface area (Å²) in [5.74, 6) is 0. The minimum atomic E-state index is 0.109. The highest BCUT2D eigenvalue weighted by atomic mass is 14.9. The molecule has 0 saturated carbocycles. The maximum Gasteiger partial charge on any atom is 0.102 e. The second-order valence-electron chi connectivity index (χ2n) is 9.47. The summed E-state index contributed by atoms with van der Waals surface area (Å²) in [7, 11) is 0. The van der Waals surface area contributed by atoms with E-state index in [0.29, 0.717) is 5.39 Å². The smallest absolute Gasteiger partial charge is 0.102 e. The van der Waals surface area contributed by atoms with Gasteiger partial charge in [-0.25, -0.2) is 0 Å². The molecule has 0 atom stereocenters. The van der Waals surface area contributed by atoms with E-state index in [1.165, 1.54) is 0 Å². The standard InChI is InChI=1S/C35H18N4/c36-19-25-17-32-34(30(21-38)29(25)20-37)33-26-14-8-7-11-23(26)15-16-27(33)35-28(22-9-3-1-4-10-22)18-31(39(32)35)24-12-5-2-6-13-24/h1-18H. The maximum absolute atomic E-state index is 10.4. The van der Waals surface area contributed by atoms with E-state index in [1.54, 1.807) is 6.07 Å². The van der Waals surface area contributed by atoms with Gasteiger partial charge in [-0.3, -0.25) is 0 Å². The van der Waals surface area contributed by atoms with Gasteiger partial charge >= 0.3 is 0 Å². The molecule has 0 amide bonds. The molecule has 0 fully saturated rings. The molecule has 0 aliphatic heterocycles. The van der Waals surface area contributed by atoms with Gasteiger partial charge in [0.15, 0.2) is 0 Å². The van der Waals surface area contributed by atoms with Crippen LogP contribution in [0.2, 0.25) is 0 Å². The monoisotopic (exact) mass is 494 g/mol. The Hall–Kier alpha value is -5.89. The van der Waals surface area contributed by atoms with E-state index >= 15 is 0 Å². The van der Waals surface area contributed by atoms with Gasteiger partial charge in [0.05, 0.1) is 33.4 Å². The first-order chi connectivity index (χ1) is 19.2. The number of rotatable bonds is 2. The van der Waals surface area contributed by atoms with Crippen LogP contribution in [0.4, 0.5) is 0 Å². The maximum atomic E-state index is 10.4. The predicted octanol–water partition coefficient (Wildman–Crippen LogP) is 8.35. The van der Waals surface area contributed by atoms with Crippen LogP contribution in [-0.2, 0) is 0 Å². The van der Waals surface area contributed by atoms with Gasteiger partial charge in [-0.1, -0.05) is 97.1 Å². The van der Waals surface area contributed by atoms with E-state index in [2.05, 4.69) is 77.2 Å². The molecule has 4 nitrogen and oxygen atoms in total. The molecule has 0 N–H and O–H groups in total. The third-order valence-electron chi connectivity index (χ3n) is 7.48. The molecule has 7 aromatic rings. The zero-order valence-electron chi connectivity index (χ0n) is 20.7. The zero-order valence-corrected chi connectivity index (χ0v) is 20.7. The summed E-state index contributed by atoms with van der Waals surface area (Å²) < 4.78 is 2.16. The number of aromatic nitrogens is 1. The molecule has 0 unspecified atom stereocenters. The van der Waals surface area contributed by atoms with E-state index in [4.69, 9.17) is 0 Å². The van der Waals surface area contributed by atoms with Gasteiger partial charge in [0.1, 0.15) is 18.2 Å². The highest BCUT2D eigenvalue weighted by molar-refractivity contribution is 6.27. The lowest BCUT2D eigenvalue weighted by atomic mass is 9.91. The van der Waals surface area contributed by atoms with Gasteiger partial charge in [0.2, 0.25) is 0 Å². The normalized spacial score (nSPS) is 11.0. The fraction of sp³-hybridized carbons (Fsp3) is 0. The molecule has 39 heavy (non-hydrogen) atoms. The Morgan fingerprint density at radius 1 is 0.538 bits per heavy atom. The highest BCUT2D eigenvalue weighted by Crippen LogP contribution is 2.44. The van der Waals surface area contributed by atoms with Crippen molar-refractivity contribution in [1.82, 2.24) is 4.40 Å². The highest BCUT2D eigenvalue weighted by Gasteiger charge is 2.24. The Bertz CT molecular complexity index is 2240. The third kappa shape index (κ3) is 3.15. The van der Waals surface area contributed by atoms with Gasteiger partial charge in [0, 0.05) is 21.7 Å². The lowest BCUT2D eigenvalue weighted by molar-refractivity contribution is 1.28. The fourth-order valence-corrected chi connectivity index (χ4v) is 5.84. The number of nitrogens with zero attached hydrogens (tertiary/aromatic N) is 4. The summed E-state index contributed by atoms with van der Waals surface area (Å²) in [4.78, 5) is 0. The van der Waals surface area contributed by atoms with Crippen LogP contribution in [0.1, 0.15) is 16.7 Å². The Kier molecular flexibility index (Phi) is 4.92. The number of nitriles is 3. The Balaban J connectivity index is 1.87. The second kappa shape index (κ2) is 8.60. The topological polar surface area (TPSA) is 75.8 Å². The number of fused-ring (bicyclic) bond motifs is 8. The van der Waals surface area contributed by atoms with E-state index in [-0.39, 0.29) is 16.7 Å². The Morgan fingerprint density at radius 2 is 1.21 bits per heavy atom.